The van der Waals surface area contributed by atoms with Crippen LogP contribution in [0.2, 0.25) is 0 Å². The largest absolute Gasteiger partial charge is 0.316 e. The number of nitrogens with one attached hydrogen (secondary N) is 1. The molecule has 1 aromatic heterocycles. The minimum atomic E-state index is -0.397. The van der Waals surface area contributed by atoms with Crippen LogP contribution in [0, 0.1) is 12.9 Å². The van der Waals surface area contributed by atoms with Gasteiger partial charge >= 0.3 is 0 Å². The molecule has 0 aliphatic heterocycles. The molecule has 0 aromatic carbocycles. The average molecular weight is 180 g/mol. The van der Waals surface area contributed by atoms with Gasteiger partial charge in [0, 0.05) is 18.3 Å². The first-order chi connectivity index (χ1) is 6.24. The second kappa shape index (κ2) is 4.72. The lowest BCUT2D eigenvalue weighted by atomic mass is 10.2. The Balaban J connectivity index is 2.73. The summed E-state index contributed by atoms with van der Waals surface area (Å²) in [6.45, 7) is 2.51. The number of hydrogen-bond acceptors (Lipinski definition) is 2. The third-order valence-corrected chi connectivity index (χ3v) is 1.67. The highest BCUT2D eigenvalue weighted by Crippen LogP contribution is 2.06. The average Bonchev–Trinajstić information content (AvgIpc) is 2.12. The summed E-state index contributed by atoms with van der Waals surface area (Å²) in [4.78, 5) is 3.62. The summed E-state index contributed by atoms with van der Waals surface area (Å²) in [5, 5.41) is 2.98. The van der Waals surface area contributed by atoms with Crippen molar-refractivity contribution in [1.29, 1.82) is 0 Å². The van der Waals surface area contributed by atoms with Crippen LogP contribution < -0.4 is 5.32 Å². The van der Waals surface area contributed by atoms with Gasteiger partial charge in [0.25, 0.3) is 0 Å². The van der Waals surface area contributed by atoms with Crippen LogP contribution in [-0.2, 0) is 0 Å². The van der Waals surface area contributed by atoms with Gasteiger partial charge in [-0.05, 0) is 25.6 Å². The van der Waals surface area contributed by atoms with E-state index in [1.54, 1.807) is 13.0 Å². The van der Waals surface area contributed by atoms with Gasteiger partial charge in [-0.15, -0.1) is 0 Å². The van der Waals surface area contributed by atoms with Gasteiger partial charge in [0.2, 0.25) is 5.95 Å². The highest BCUT2D eigenvalue weighted by molar-refractivity contribution is 5.48. The van der Waals surface area contributed by atoms with E-state index in [4.69, 9.17) is 0 Å². The second-order valence-electron chi connectivity index (χ2n) is 2.84. The summed E-state index contributed by atoms with van der Waals surface area (Å²) in [5.74, 6) is -0.397. The van der Waals surface area contributed by atoms with Crippen molar-refractivity contribution < 1.29 is 4.39 Å². The first-order valence-corrected chi connectivity index (χ1v) is 4.17. The van der Waals surface area contributed by atoms with Crippen LogP contribution >= 0.6 is 0 Å². The number of rotatable bonds is 3. The SMILES string of the molecule is CNCC=Cc1cnc(F)c(C)c1. The number of aryl methyl sites for hydroxylation is 1. The maximum Gasteiger partial charge on any atom is 0.215 e. The zero-order valence-electron chi connectivity index (χ0n) is 7.84. The van der Waals surface area contributed by atoms with Crippen molar-refractivity contribution in [3.05, 3.63) is 35.4 Å². The van der Waals surface area contributed by atoms with Crippen molar-refractivity contribution in [3.63, 3.8) is 0 Å². The Morgan fingerprint density at radius 3 is 3.00 bits per heavy atom. The highest BCUT2D eigenvalue weighted by atomic mass is 19.1. The van der Waals surface area contributed by atoms with Crippen LogP contribution in [-0.4, -0.2) is 18.6 Å². The van der Waals surface area contributed by atoms with E-state index in [9.17, 15) is 4.39 Å². The Labute approximate surface area is 77.5 Å². The molecule has 2 nitrogen and oxygen atoms in total. The fourth-order valence-electron chi connectivity index (χ4n) is 0.984. The summed E-state index contributed by atoms with van der Waals surface area (Å²) in [6.07, 6.45) is 5.40. The molecule has 0 atom stereocenters. The molecule has 0 aliphatic rings. The smallest absolute Gasteiger partial charge is 0.215 e. The fraction of sp³-hybridized carbons (Fsp3) is 0.300. The Hall–Kier alpha value is -1.22. The summed E-state index contributed by atoms with van der Waals surface area (Å²) in [6, 6.07) is 1.77. The van der Waals surface area contributed by atoms with Crippen molar-refractivity contribution in [2.24, 2.45) is 0 Å². The summed E-state index contributed by atoms with van der Waals surface area (Å²) < 4.78 is 12.7. The van der Waals surface area contributed by atoms with Crippen molar-refractivity contribution in [3.8, 4) is 0 Å². The molecule has 0 spiro atoms. The predicted molar refractivity (Wildman–Crippen MR) is 51.9 cm³/mol. The van der Waals surface area contributed by atoms with Gasteiger partial charge in [0.05, 0.1) is 0 Å². The quantitative estimate of drug-likeness (QED) is 0.717. The monoisotopic (exact) mass is 180 g/mol. The molecule has 70 valence electrons. The predicted octanol–water partition coefficient (Wildman–Crippen LogP) is 1.76. The lowest BCUT2D eigenvalue weighted by Gasteiger charge is -1.96. The van der Waals surface area contributed by atoms with E-state index in [1.807, 2.05) is 19.2 Å². The first kappa shape index (κ1) is 9.86. The van der Waals surface area contributed by atoms with Crippen molar-refractivity contribution >= 4 is 6.08 Å². The number of nitrogens with zero attached hydrogens (tertiary/aromatic N) is 1. The van der Waals surface area contributed by atoms with Gasteiger partial charge in [-0.25, -0.2) is 4.98 Å². The third kappa shape index (κ3) is 2.95. The maximum atomic E-state index is 12.7. The second-order valence-corrected chi connectivity index (χ2v) is 2.84. The van der Waals surface area contributed by atoms with Crippen molar-refractivity contribution in [2.45, 2.75) is 6.92 Å². The molecule has 0 aliphatic carbocycles. The van der Waals surface area contributed by atoms with Crippen molar-refractivity contribution in [2.75, 3.05) is 13.6 Å². The van der Waals surface area contributed by atoms with E-state index in [0.717, 1.165) is 12.1 Å². The van der Waals surface area contributed by atoms with Crippen LogP contribution in [0.1, 0.15) is 11.1 Å². The van der Waals surface area contributed by atoms with Crippen LogP contribution in [0.25, 0.3) is 6.08 Å². The van der Waals surface area contributed by atoms with Gasteiger partial charge in [-0.2, -0.15) is 4.39 Å². The molecule has 0 radical (unpaired) electrons. The van der Waals surface area contributed by atoms with Crippen molar-refractivity contribution in [1.82, 2.24) is 10.3 Å². The lowest BCUT2D eigenvalue weighted by molar-refractivity contribution is 0.574. The van der Waals surface area contributed by atoms with E-state index < -0.39 is 5.95 Å². The number of halogens is 1. The van der Waals surface area contributed by atoms with E-state index in [0.29, 0.717) is 5.56 Å². The number of likely N-dealkylation sites (N-methyl/N-ethyl adjacent to an activating group) is 1. The zero-order valence-corrected chi connectivity index (χ0v) is 7.84. The molecular formula is C10H13FN2. The van der Waals surface area contributed by atoms with Gasteiger partial charge in [0.15, 0.2) is 0 Å². The fourth-order valence-corrected chi connectivity index (χ4v) is 0.984. The normalized spacial score (nSPS) is 11.0. The molecule has 0 unspecified atom stereocenters. The number of pyridine rings is 1. The molecule has 0 saturated carbocycles. The molecule has 1 N–H and O–H groups in total. The third-order valence-electron chi connectivity index (χ3n) is 1.67. The molecule has 0 bridgehead atoms. The Morgan fingerprint density at radius 1 is 1.62 bits per heavy atom. The zero-order chi connectivity index (χ0) is 9.68. The van der Waals surface area contributed by atoms with Gasteiger partial charge in [-0.3, -0.25) is 0 Å². The van der Waals surface area contributed by atoms with Crippen LogP contribution in [0.5, 0.6) is 0 Å². The van der Waals surface area contributed by atoms with Gasteiger partial charge in [-0.1, -0.05) is 12.2 Å². The Bertz CT molecular complexity index is 308. The standard InChI is InChI=1S/C10H13FN2/c1-8-6-9(4-3-5-12-2)7-13-10(8)11/h3-4,6-7,12H,5H2,1-2H3. The van der Waals surface area contributed by atoms with Crippen LogP contribution in [0.15, 0.2) is 18.3 Å². The topological polar surface area (TPSA) is 24.9 Å². The maximum absolute atomic E-state index is 12.7. The minimum absolute atomic E-state index is 0.397. The molecule has 1 rings (SSSR count). The number of hydrogen-bond donors (Lipinski definition) is 1. The van der Waals surface area contributed by atoms with E-state index in [2.05, 4.69) is 10.3 Å². The summed E-state index contributed by atoms with van der Waals surface area (Å²) in [5.41, 5.74) is 1.50. The molecule has 0 fully saturated rings. The van der Waals surface area contributed by atoms with Crippen LogP contribution in [0.3, 0.4) is 0 Å². The first-order valence-electron chi connectivity index (χ1n) is 4.17. The molecule has 3 heteroatoms. The Morgan fingerprint density at radius 2 is 2.38 bits per heavy atom. The summed E-state index contributed by atoms with van der Waals surface area (Å²) in [7, 11) is 1.87. The minimum Gasteiger partial charge on any atom is -0.316 e. The molecule has 0 saturated heterocycles. The van der Waals surface area contributed by atoms with Crippen LogP contribution in [0.4, 0.5) is 4.39 Å². The Kier molecular flexibility index (Phi) is 3.58. The number of aromatic nitrogens is 1. The lowest BCUT2D eigenvalue weighted by Crippen LogP contribution is -2.03. The molecule has 1 aromatic rings. The molecular weight excluding hydrogens is 167 g/mol. The molecule has 1 heterocycles. The summed E-state index contributed by atoms with van der Waals surface area (Å²) >= 11 is 0. The molecule has 13 heavy (non-hydrogen) atoms. The van der Waals surface area contributed by atoms with E-state index in [1.165, 1.54) is 6.20 Å². The van der Waals surface area contributed by atoms with E-state index in [-0.39, 0.29) is 0 Å². The van der Waals surface area contributed by atoms with Gasteiger partial charge < -0.3 is 5.32 Å². The van der Waals surface area contributed by atoms with E-state index >= 15 is 0 Å². The highest BCUT2D eigenvalue weighted by Gasteiger charge is 1.96. The molecule has 0 amide bonds. The van der Waals surface area contributed by atoms with Gasteiger partial charge in [0.1, 0.15) is 0 Å².